The SMILES string of the molecule is CC(CO)(CC1CC1)NCC1CCCO1. The van der Waals surface area contributed by atoms with E-state index >= 15 is 0 Å². The molecule has 0 aromatic rings. The number of aliphatic hydroxyl groups excluding tert-OH is 1. The van der Waals surface area contributed by atoms with Crippen molar-refractivity contribution in [3.8, 4) is 0 Å². The van der Waals surface area contributed by atoms with E-state index in [9.17, 15) is 5.11 Å². The van der Waals surface area contributed by atoms with E-state index in [1.807, 2.05) is 0 Å². The van der Waals surface area contributed by atoms with Gasteiger partial charge < -0.3 is 15.2 Å². The Balaban J connectivity index is 1.72. The zero-order chi connectivity index (χ0) is 10.7. The van der Waals surface area contributed by atoms with Gasteiger partial charge in [-0.05, 0) is 32.1 Å². The molecule has 1 heterocycles. The Morgan fingerprint density at radius 2 is 2.20 bits per heavy atom. The lowest BCUT2D eigenvalue weighted by atomic mass is 9.95. The maximum absolute atomic E-state index is 9.43. The summed E-state index contributed by atoms with van der Waals surface area (Å²) in [5.74, 6) is 0.846. The summed E-state index contributed by atoms with van der Waals surface area (Å²) in [6.45, 7) is 4.16. The predicted molar refractivity (Wildman–Crippen MR) is 59.8 cm³/mol. The minimum atomic E-state index is -0.0902. The lowest BCUT2D eigenvalue weighted by Crippen LogP contribution is -2.49. The molecule has 0 spiro atoms. The summed E-state index contributed by atoms with van der Waals surface area (Å²) in [6.07, 6.45) is 6.52. The highest BCUT2D eigenvalue weighted by molar-refractivity contribution is 4.90. The summed E-state index contributed by atoms with van der Waals surface area (Å²) in [4.78, 5) is 0. The van der Waals surface area contributed by atoms with Crippen LogP contribution in [0.25, 0.3) is 0 Å². The minimum absolute atomic E-state index is 0.0902. The van der Waals surface area contributed by atoms with Gasteiger partial charge in [-0.15, -0.1) is 0 Å². The van der Waals surface area contributed by atoms with E-state index in [2.05, 4.69) is 12.2 Å². The molecule has 1 saturated heterocycles. The molecule has 0 aromatic carbocycles. The normalized spacial score (nSPS) is 30.4. The highest BCUT2D eigenvalue weighted by Gasteiger charge is 2.33. The van der Waals surface area contributed by atoms with E-state index in [1.165, 1.54) is 19.3 Å². The fraction of sp³-hybridized carbons (Fsp3) is 1.00. The molecule has 0 bridgehead atoms. The van der Waals surface area contributed by atoms with Gasteiger partial charge in [0.05, 0.1) is 12.7 Å². The Bertz CT molecular complexity index is 200. The number of hydrogen-bond acceptors (Lipinski definition) is 3. The van der Waals surface area contributed by atoms with E-state index in [0.29, 0.717) is 6.10 Å². The highest BCUT2D eigenvalue weighted by atomic mass is 16.5. The third-order valence-electron chi connectivity index (χ3n) is 3.57. The van der Waals surface area contributed by atoms with Gasteiger partial charge >= 0.3 is 0 Å². The van der Waals surface area contributed by atoms with Gasteiger partial charge in [0.1, 0.15) is 0 Å². The number of aliphatic hydroxyl groups is 1. The van der Waals surface area contributed by atoms with Gasteiger partial charge in [-0.3, -0.25) is 0 Å². The monoisotopic (exact) mass is 213 g/mol. The fourth-order valence-corrected chi connectivity index (χ4v) is 2.32. The van der Waals surface area contributed by atoms with Gasteiger partial charge in [0, 0.05) is 18.7 Å². The van der Waals surface area contributed by atoms with Crippen LogP contribution in [-0.4, -0.2) is 36.5 Å². The van der Waals surface area contributed by atoms with Crippen molar-refractivity contribution in [1.29, 1.82) is 0 Å². The van der Waals surface area contributed by atoms with Gasteiger partial charge in [0.2, 0.25) is 0 Å². The predicted octanol–water partition coefficient (Wildman–Crippen LogP) is 1.31. The highest BCUT2D eigenvalue weighted by Crippen LogP contribution is 2.36. The first kappa shape index (κ1) is 11.4. The second-order valence-electron chi connectivity index (χ2n) is 5.38. The van der Waals surface area contributed by atoms with E-state index in [0.717, 1.165) is 31.9 Å². The van der Waals surface area contributed by atoms with Crippen molar-refractivity contribution in [2.75, 3.05) is 19.8 Å². The minimum Gasteiger partial charge on any atom is -0.394 e. The molecule has 2 N–H and O–H groups in total. The molecule has 2 aliphatic rings. The van der Waals surface area contributed by atoms with Crippen LogP contribution in [0, 0.1) is 5.92 Å². The molecule has 88 valence electrons. The molecule has 2 rings (SSSR count). The van der Waals surface area contributed by atoms with Crippen LogP contribution >= 0.6 is 0 Å². The molecule has 2 unspecified atom stereocenters. The Kier molecular flexibility index (Phi) is 3.65. The topological polar surface area (TPSA) is 41.5 Å². The summed E-state index contributed by atoms with van der Waals surface area (Å²) < 4.78 is 5.57. The molecule has 3 heteroatoms. The lowest BCUT2D eigenvalue weighted by molar-refractivity contribution is 0.0880. The van der Waals surface area contributed by atoms with Crippen molar-refractivity contribution in [2.24, 2.45) is 5.92 Å². The maximum atomic E-state index is 9.43. The maximum Gasteiger partial charge on any atom is 0.0700 e. The zero-order valence-electron chi connectivity index (χ0n) is 9.67. The lowest BCUT2D eigenvalue weighted by Gasteiger charge is -2.30. The Morgan fingerprint density at radius 3 is 2.73 bits per heavy atom. The van der Waals surface area contributed by atoms with E-state index in [-0.39, 0.29) is 12.1 Å². The Morgan fingerprint density at radius 1 is 1.40 bits per heavy atom. The summed E-state index contributed by atoms with van der Waals surface area (Å²) in [5, 5.41) is 12.9. The number of rotatable bonds is 6. The third-order valence-corrected chi connectivity index (χ3v) is 3.57. The summed E-state index contributed by atoms with van der Waals surface area (Å²) in [5.41, 5.74) is -0.0902. The number of nitrogens with one attached hydrogen (secondary N) is 1. The first-order valence-corrected chi connectivity index (χ1v) is 6.19. The molecule has 1 saturated carbocycles. The third kappa shape index (κ3) is 3.44. The summed E-state index contributed by atoms with van der Waals surface area (Å²) in [7, 11) is 0. The van der Waals surface area contributed by atoms with Crippen LogP contribution in [0.15, 0.2) is 0 Å². The fourth-order valence-electron chi connectivity index (χ4n) is 2.32. The van der Waals surface area contributed by atoms with Crippen molar-refractivity contribution in [3.05, 3.63) is 0 Å². The Labute approximate surface area is 92.2 Å². The molecule has 3 nitrogen and oxygen atoms in total. The molecular formula is C12H23NO2. The molecule has 0 aromatic heterocycles. The van der Waals surface area contributed by atoms with Crippen LogP contribution in [0.3, 0.4) is 0 Å². The van der Waals surface area contributed by atoms with Crippen LogP contribution in [0.1, 0.15) is 39.0 Å². The molecule has 1 aliphatic heterocycles. The van der Waals surface area contributed by atoms with Gasteiger partial charge in [-0.1, -0.05) is 12.8 Å². The van der Waals surface area contributed by atoms with Crippen molar-refractivity contribution >= 4 is 0 Å². The summed E-state index contributed by atoms with van der Waals surface area (Å²) in [6, 6.07) is 0. The molecule has 1 aliphatic carbocycles. The Hall–Kier alpha value is -0.120. The average molecular weight is 213 g/mol. The van der Waals surface area contributed by atoms with Crippen molar-refractivity contribution in [2.45, 2.75) is 50.7 Å². The number of ether oxygens (including phenoxy) is 1. The van der Waals surface area contributed by atoms with Gasteiger partial charge in [0.15, 0.2) is 0 Å². The van der Waals surface area contributed by atoms with Crippen LogP contribution in [0.2, 0.25) is 0 Å². The molecule has 2 atom stereocenters. The molecule has 0 amide bonds. The molecular weight excluding hydrogens is 190 g/mol. The first-order chi connectivity index (χ1) is 7.22. The summed E-state index contributed by atoms with van der Waals surface area (Å²) >= 11 is 0. The molecule has 2 fully saturated rings. The largest absolute Gasteiger partial charge is 0.394 e. The number of hydrogen-bond donors (Lipinski definition) is 2. The van der Waals surface area contributed by atoms with Crippen molar-refractivity contribution in [1.82, 2.24) is 5.32 Å². The van der Waals surface area contributed by atoms with Crippen LogP contribution in [0.4, 0.5) is 0 Å². The molecule has 15 heavy (non-hydrogen) atoms. The first-order valence-electron chi connectivity index (χ1n) is 6.19. The van der Waals surface area contributed by atoms with Gasteiger partial charge in [0.25, 0.3) is 0 Å². The average Bonchev–Trinajstić information content (AvgIpc) is 2.88. The zero-order valence-corrected chi connectivity index (χ0v) is 9.67. The van der Waals surface area contributed by atoms with Crippen molar-refractivity contribution in [3.63, 3.8) is 0 Å². The van der Waals surface area contributed by atoms with E-state index in [1.54, 1.807) is 0 Å². The van der Waals surface area contributed by atoms with Gasteiger partial charge in [-0.2, -0.15) is 0 Å². The van der Waals surface area contributed by atoms with Gasteiger partial charge in [-0.25, -0.2) is 0 Å². The standard InChI is InChI=1S/C12H23NO2/c1-12(9-14,7-10-4-5-10)13-8-11-3-2-6-15-11/h10-11,13-14H,2-9H2,1H3. The second-order valence-corrected chi connectivity index (χ2v) is 5.38. The smallest absolute Gasteiger partial charge is 0.0700 e. The van der Waals surface area contributed by atoms with E-state index < -0.39 is 0 Å². The van der Waals surface area contributed by atoms with E-state index in [4.69, 9.17) is 4.74 Å². The van der Waals surface area contributed by atoms with Crippen LogP contribution in [0.5, 0.6) is 0 Å². The van der Waals surface area contributed by atoms with Crippen LogP contribution < -0.4 is 5.32 Å². The van der Waals surface area contributed by atoms with Crippen LogP contribution in [-0.2, 0) is 4.74 Å². The second kappa shape index (κ2) is 4.81. The molecule has 0 radical (unpaired) electrons. The quantitative estimate of drug-likeness (QED) is 0.699. The van der Waals surface area contributed by atoms with Crippen molar-refractivity contribution < 1.29 is 9.84 Å².